The molecule has 0 unspecified atom stereocenters. The van der Waals surface area contributed by atoms with E-state index in [1.807, 2.05) is 18.2 Å². The van der Waals surface area contributed by atoms with Crippen LogP contribution in [0.1, 0.15) is 35.7 Å². The zero-order valence-electron chi connectivity index (χ0n) is 20.7. The minimum atomic E-state index is -1.01. The number of unbranched alkanes of at least 4 members (excludes halogenated alkanes) is 1. The summed E-state index contributed by atoms with van der Waals surface area (Å²) in [5, 5.41) is 12.2. The lowest BCUT2D eigenvalue weighted by atomic mass is 10.1. The molecule has 0 saturated carbocycles. The zero-order valence-corrected chi connectivity index (χ0v) is 22.3. The monoisotopic (exact) mass is 562 g/mol. The molecule has 11 nitrogen and oxygen atoms in total. The van der Waals surface area contributed by atoms with E-state index in [1.165, 1.54) is 19.1 Å². The van der Waals surface area contributed by atoms with Crippen LogP contribution in [0.4, 0.5) is 10.5 Å². The predicted molar refractivity (Wildman–Crippen MR) is 146 cm³/mol. The smallest absolute Gasteiger partial charge is 0.462 e. The van der Waals surface area contributed by atoms with Gasteiger partial charge in [0.2, 0.25) is 0 Å². The van der Waals surface area contributed by atoms with Crippen LogP contribution in [-0.4, -0.2) is 43.8 Å². The molecule has 0 aromatic heterocycles. The minimum Gasteiger partial charge on any atom is -0.462 e. The van der Waals surface area contributed by atoms with Crippen molar-refractivity contribution in [2.45, 2.75) is 19.8 Å². The lowest BCUT2D eigenvalue weighted by molar-refractivity contribution is -0.757. The lowest BCUT2D eigenvalue weighted by Gasteiger charge is -2.12. The standard InChI is InChI=1S/C23H22N2O8S2.C2H4O/c1-15-13-21(35-34-15)16-5-8-18(9-6-16)32-23(27)33-20-10-7-17(24-2)14-19(20)22(26)30-11-3-4-12-31-25(28)29;1-2-3/h5-10,13-14,24H,1,3-4,11-12H2,2H3;2H,1H3. The van der Waals surface area contributed by atoms with Gasteiger partial charge >= 0.3 is 12.1 Å². The number of aldehydes is 1. The summed E-state index contributed by atoms with van der Waals surface area (Å²) in [6.45, 7) is 5.27. The van der Waals surface area contributed by atoms with E-state index in [4.69, 9.17) is 19.0 Å². The highest BCUT2D eigenvalue weighted by Crippen LogP contribution is 2.48. The van der Waals surface area contributed by atoms with Crippen molar-refractivity contribution in [3.63, 3.8) is 0 Å². The Morgan fingerprint density at radius 3 is 2.37 bits per heavy atom. The third-order valence-electron chi connectivity index (χ3n) is 4.52. The number of benzene rings is 2. The van der Waals surface area contributed by atoms with Crippen LogP contribution in [0.25, 0.3) is 4.91 Å². The van der Waals surface area contributed by atoms with E-state index in [2.05, 4.69) is 16.7 Å². The van der Waals surface area contributed by atoms with Crippen LogP contribution in [0.3, 0.4) is 0 Å². The molecule has 1 heterocycles. The number of allylic oxidation sites excluding steroid dienone is 1. The molecule has 0 aliphatic carbocycles. The Morgan fingerprint density at radius 2 is 1.76 bits per heavy atom. The number of nitrogens with zero attached hydrogens (tertiary/aromatic N) is 1. The molecule has 0 amide bonds. The maximum absolute atomic E-state index is 12.6. The first-order chi connectivity index (χ1) is 18.3. The number of carbonyl (C=O) groups is 3. The second-order valence-corrected chi connectivity index (χ2v) is 9.51. The number of carbonyl (C=O) groups excluding carboxylic acids is 3. The molecule has 0 saturated heterocycles. The van der Waals surface area contributed by atoms with E-state index >= 15 is 0 Å². The van der Waals surface area contributed by atoms with Gasteiger partial charge in [-0.3, -0.25) is 0 Å². The van der Waals surface area contributed by atoms with Crippen molar-refractivity contribution in [2.75, 3.05) is 25.6 Å². The molecule has 3 rings (SSSR count). The molecule has 202 valence electrons. The van der Waals surface area contributed by atoms with Gasteiger partial charge in [-0.1, -0.05) is 40.3 Å². The van der Waals surface area contributed by atoms with Crippen LogP contribution in [0.2, 0.25) is 0 Å². The molecule has 0 radical (unpaired) electrons. The summed E-state index contributed by atoms with van der Waals surface area (Å²) in [5.74, 6) is -0.469. The molecule has 0 spiro atoms. The lowest BCUT2D eigenvalue weighted by Crippen LogP contribution is -2.17. The van der Waals surface area contributed by atoms with Crippen molar-refractivity contribution in [3.8, 4) is 11.5 Å². The summed E-state index contributed by atoms with van der Waals surface area (Å²) in [6.07, 6.45) is 2.42. The largest absolute Gasteiger partial charge is 0.519 e. The average Bonchev–Trinajstić information content (AvgIpc) is 3.33. The maximum atomic E-state index is 12.6. The first-order valence-corrected chi connectivity index (χ1v) is 13.3. The molecule has 1 aliphatic rings. The van der Waals surface area contributed by atoms with Gasteiger partial charge in [-0.15, -0.1) is 10.1 Å². The van der Waals surface area contributed by atoms with Crippen LogP contribution in [0.15, 0.2) is 60.0 Å². The van der Waals surface area contributed by atoms with Crippen molar-refractivity contribution in [3.05, 3.63) is 81.3 Å². The summed E-state index contributed by atoms with van der Waals surface area (Å²) < 4.78 is 15.7. The fraction of sp³-hybridized carbons (Fsp3) is 0.240. The number of esters is 1. The molecule has 2 aromatic carbocycles. The second kappa shape index (κ2) is 16.0. The van der Waals surface area contributed by atoms with Gasteiger partial charge in [0.05, 0.1) is 13.2 Å². The van der Waals surface area contributed by atoms with Gasteiger partial charge in [0.1, 0.15) is 23.3 Å². The minimum absolute atomic E-state index is 0.0144. The van der Waals surface area contributed by atoms with Crippen LogP contribution in [-0.2, 0) is 14.4 Å². The molecular weight excluding hydrogens is 536 g/mol. The second-order valence-electron chi connectivity index (χ2n) is 7.22. The van der Waals surface area contributed by atoms with E-state index in [-0.39, 0.29) is 30.3 Å². The highest BCUT2D eigenvalue weighted by Gasteiger charge is 2.19. The van der Waals surface area contributed by atoms with Crippen LogP contribution in [0.5, 0.6) is 11.5 Å². The fourth-order valence-electron chi connectivity index (χ4n) is 2.84. The molecule has 0 fully saturated rings. The highest BCUT2D eigenvalue weighted by molar-refractivity contribution is 8.82. The summed E-state index contributed by atoms with van der Waals surface area (Å²) >= 11 is 0. The van der Waals surface area contributed by atoms with E-state index in [9.17, 15) is 19.7 Å². The van der Waals surface area contributed by atoms with Crippen molar-refractivity contribution in [1.82, 2.24) is 0 Å². The summed E-state index contributed by atoms with van der Waals surface area (Å²) in [4.78, 5) is 50.1. The summed E-state index contributed by atoms with van der Waals surface area (Å²) in [5.41, 5.74) is 1.60. The Morgan fingerprint density at radius 1 is 1.08 bits per heavy atom. The van der Waals surface area contributed by atoms with Crippen molar-refractivity contribution in [2.24, 2.45) is 0 Å². The first-order valence-electron chi connectivity index (χ1n) is 11.2. The molecule has 38 heavy (non-hydrogen) atoms. The molecule has 1 aliphatic heterocycles. The van der Waals surface area contributed by atoms with E-state index < -0.39 is 17.2 Å². The molecular formula is C25H26N2O9S2. The summed E-state index contributed by atoms with van der Waals surface area (Å²) in [6, 6.07) is 11.5. The Labute approximate surface area is 227 Å². The van der Waals surface area contributed by atoms with Gasteiger partial charge in [0.15, 0.2) is 0 Å². The number of hydrogen-bond acceptors (Lipinski definition) is 12. The SMILES string of the molecule is C=C1C=C(c2ccc(OC(=O)Oc3ccc(NC)cc3C(=O)OCCCCO[N+](=O)[O-])cc2)SS1.CC=O. The predicted octanol–water partition coefficient (Wildman–Crippen LogP) is 5.91. The molecule has 0 bridgehead atoms. The van der Waals surface area contributed by atoms with Crippen LogP contribution >= 0.6 is 21.6 Å². The third-order valence-corrected chi connectivity index (χ3v) is 6.90. The number of anilines is 1. The average molecular weight is 563 g/mol. The van der Waals surface area contributed by atoms with Gasteiger partial charge in [-0.2, -0.15) is 0 Å². The Hall–Kier alpha value is -3.97. The number of nitrogens with one attached hydrogen (secondary N) is 1. The van der Waals surface area contributed by atoms with E-state index in [0.717, 1.165) is 21.7 Å². The third kappa shape index (κ3) is 10.2. The van der Waals surface area contributed by atoms with Crippen molar-refractivity contribution >= 4 is 50.6 Å². The van der Waals surface area contributed by atoms with Gasteiger partial charge in [-0.25, -0.2) is 9.59 Å². The van der Waals surface area contributed by atoms with Gasteiger partial charge in [0, 0.05) is 22.5 Å². The number of hydrogen-bond donors (Lipinski definition) is 1. The number of rotatable bonds is 11. The molecule has 0 atom stereocenters. The topological polar surface area (TPSA) is 143 Å². The van der Waals surface area contributed by atoms with Crippen LogP contribution in [0, 0.1) is 10.1 Å². The summed E-state index contributed by atoms with van der Waals surface area (Å²) in [7, 11) is 4.86. The fourth-order valence-corrected chi connectivity index (χ4v) is 4.87. The Bertz CT molecular complexity index is 1180. The van der Waals surface area contributed by atoms with Crippen molar-refractivity contribution < 1.29 is 38.5 Å². The number of ether oxygens (including phenoxy) is 3. The molecule has 1 N–H and O–H groups in total. The van der Waals surface area contributed by atoms with Gasteiger partial charge < -0.3 is 29.2 Å². The van der Waals surface area contributed by atoms with Crippen LogP contribution < -0.4 is 14.8 Å². The van der Waals surface area contributed by atoms with Crippen molar-refractivity contribution in [1.29, 1.82) is 0 Å². The van der Waals surface area contributed by atoms with E-state index in [0.29, 0.717) is 18.5 Å². The normalized spacial score (nSPS) is 11.8. The molecule has 13 heteroatoms. The first kappa shape index (κ1) is 30.3. The maximum Gasteiger partial charge on any atom is 0.519 e. The van der Waals surface area contributed by atoms with Gasteiger partial charge in [0.25, 0.3) is 5.09 Å². The van der Waals surface area contributed by atoms with E-state index in [1.54, 1.807) is 46.8 Å². The van der Waals surface area contributed by atoms with Gasteiger partial charge in [-0.05, 0) is 61.7 Å². The zero-order chi connectivity index (χ0) is 27.9. The quantitative estimate of drug-likeness (QED) is 0.0661. The molecule has 2 aromatic rings. The Kier molecular flexibility index (Phi) is 12.7. The Balaban J connectivity index is 0.00000161. The highest BCUT2D eigenvalue weighted by atomic mass is 33.1.